The maximum atomic E-state index is 11.7. The molecule has 0 aliphatic heterocycles. The van der Waals surface area contributed by atoms with E-state index in [4.69, 9.17) is 5.26 Å². The quantitative estimate of drug-likeness (QED) is 0.464. The van der Waals surface area contributed by atoms with Crippen molar-refractivity contribution in [1.29, 1.82) is 5.26 Å². The number of nitro groups is 1. The summed E-state index contributed by atoms with van der Waals surface area (Å²) in [4.78, 5) is 23.9. The van der Waals surface area contributed by atoms with Crippen LogP contribution in [-0.2, 0) is 4.74 Å². The fourth-order valence-corrected chi connectivity index (χ4v) is 1.84. The molecule has 7 nitrogen and oxygen atoms in total. The smallest absolute Gasteiger partial charge is 0.344 e. The molecule has 0 bridgehead atoms. The number of hydrogen-bond acceptors (Lipinski definition) is 6. The summed E-state index contributed by atoms with van der Waals surface area (Å²) >= 11 is 0. The molecular formula is C13H15N3O4. The number of rotatable bonds is 5. The predicted molar refractivity (Wildman–Crippen MR) is 72.7 cm³/mol. The molecule has 20 heavy (non-hydrogen) atoms. The molecule has 0 radical (unpaired) electrons. The Kier molecular flexibility index (Phi) is 5.03. The van der Waals surface area contributed by atoms with E-state index >= 15 is 0 Å². The lowest BCUT2D eigenvalue weighted by Gasteiger charge is -2.19. The highest BCUT2D eigenvalue weighted by Gasteiger charge is 2.25. The van der Waals surface area contributed by atoms with Gasteiger partial charge in [-0.05, 0) is 19.1 Å². The van der Waals surface area contributed by atoms with Crippen molar-refractivity contribution in [1.82, 2.24) is 0 Å². The molecule has 1 aromatic carbocycles. The Bertz CT molecular complexity index is 578. The van der Waals surface area contributed by atoms with Gasteiger partial charge in [-0.1, -0.05) is 0 Å². The number of esters is 1. The molecule has 0 spiro atoms. The first-order chi connectivity index (χ1) is 9.42. The molecular weight excluding hydrogens is 262 g/mol. The third kappa shape index (κ3) is 3.23. The minimum Gasteiger partial charge on any atom is -0.465 e. The van der Waals surface area contributed by atoms with Crippen molar-refractivity contribution in [3.05, 3.63) is 33.4 Å². The molecule has 0 amide bonds. The van der Waals surface area contributed by atoms with Gasteiger partial charge in [0, 0.05) is 24.8 Å². The highest BCUT2D eigenvalue weighted by atomic mass is 16.6. The average molecular weight is 277 g/mol. The molecule has 0 fully saturated rings. The Morgan fingerprint density at radius 2 is 2.20 bits per heavy atom. The second-order valence-electron chi connectivity index (χ2n) is 4.24. The van der Waals surface area contributed by atoms with Gasteiger partial charge in [-0.3, -0.25) is 10.1 Å². The number of benzene rings is 1. The summed E-state index contributed by atoms with van der Waals surface area (Å²) in [6.45, 7) is 2.03. The minimum absolute atomic E-state index is 0.0868. The zero-order valence-corrected chi connectivity index (χ0v) is 11.5. The third-order valence-corrected chi connectivity index (χ3v) is 2.87. The summed E-state index contributed by atoms with van der Waals surface area (Å²) in [6.07, 6.45) is 0.320. The monoisotopic (exact) mass is 277 g/mol. The molecule has 7 heteroatoms. The SMILES string of the molecule is COC(=O)c1cc(N(C)CCC#N)cc(C)c1[N+](=O)[O-]. The molecule has 1 rings (SSSR count). The highest BCUT2D eigenvalue weighted by Crippen LogP contribution is 2.29. The number of nitrogens with zero attached hydrogens (tertiary/aromatic N) is 3. The van der Waals surface area contributed by atoms with Crippen LogP contribution in [0, 0.1) is 28.4 Å². The van der Waals surface area contributed by atoms with Gasteiger partial charge in [-0.2, -0.15) is 5.26 Å². The van der Waals surface area contributed by atoms with Crippen molar-refractivity contribution >= 4 is 17.3 Å². The van der Waals surface area contributed by atoms with E-state index in [2.05, 4.69) is 4.74 Å². The topological polar surface area (TPSA) is 96.5 Å². The van der Waals surface area contributed by atoms with E-state index < -0.39 is 10.9 Å². The van der Waals surface area contributed by atoms with Crippen LogP contribution in [0.4, 0.5) is 11.4 Å². The second-order valence-corrected chi connectivity index (χ2v) is 4.24. The van der Waals surface area contributed by atoms with Gasteiger partial charge in [0.1, 0.15) is 5.56 Å². The van der Waals surface area contributed by atoms with Gasteiger partial charge in [-0.15, -0.1) is 0 Å². The molecule has 0 N–H and O–H groups in total. The number of aryl methyl sites for hydroxylation is 1. The molecule has 1 aromatic rings. The van der Waals surface area contributed by atoms with Crippen LogP contribution in [0.5, 0.6) is 0 Å². The van der Waals surface area contributed by atoms with Gasteiger partial charge in [0.2, 0.25) is 0 Å². The first-order valence-electron chi connectivity index (χ1n) is 5.87. The Hall–Kier alpha value is -2.62. The molecule has 0 atom stereocenters. The van der Waals surface area contributed by atoms with Gasteiger partial charge in [0.25, 0.3) is 5.69 Å². The number of hydrogen-bond donors (Lipinski definition) is 0. The van der Waals surface area contributed by atoms with Crippen LogP contribution in [0.1, 0.15) is 22.3 Å². The number of methoxy groups -OCH3 is 1. The lowest BCUT2D eigenvalue weighted by atomic mass is 10.1. The first kappa shape index (κ1) is 15.4. The van der Waals surface area contributed by atoms with Gasteiger partial charge in [0.15, 0.2) is 0 Å². The van der Waals surface area contributed by atoms with Crippen molar-refractivity contribution in [2.45, 2.75) is 13.3 Å². The van der Waals surface area contributed by atoms with Crippen molar-refractivity contribution < 1.29 is 14.5 Å². The van der Waals surface area contributed by atoms with Crippen LogP contribution >= 0.6 is 0 Å². The third-order valence-electron chi connectivity index (χ3n) is 2.87. The van der Waals surface area contributed by atoms with Crippen LogP contribution in [0.25, 0.3) is 0 Å². The number of anilines is 1. The zero-order chi connectivity index (χ0) is 15.3. The summed E-state index contributed by atoms with van der Waals surface area (Å²) in [5.74, 6) is -0.754. The Balaban J connectivity index is 3.32. The summed E-state index contributed by atoms with van der Waals surface area (Å²) < 4.78 is 4.58. The van der Waals surface area contributed by atoms with Gasteiger partial charge in [0.05, 0.1) is 24.5 Å². The van der Waals surface area contributed by atoms with Crippen molar-refractivity contribution in [2.24, 2.45) is 0 Å². The standard InChI is InChI=1S/C13H15N3O4/c1-9-7-10(15(2)6-4-5-14)8-11(13(17)20-3)12(9)16(18)19/h7-8H,4,6H2,1-3H3. The summed E-state index contributed by atoms with van der Waals surface area (Å²) in [6, 6.07) is 5.04. The zero-order valence-electron chi connectivity index (χ0n) is 11.5. The molecule has 0 aliphatic carbocycles. The fraction of sp³-hybridized carbons (Fsp3) is 0.385. The summed E-state index contributed by atoms with van der Waals surface area (Å²) in [7, 11) is 2.92. The largest absolute Gasteiger partial charge is 0.465 e. The van der Waals surface area contributed by atoms with Crippen LogP contribution in [0.15, 0.2) is 12.1 Å². The van der Waals surface area contributed by atoms with Crippen molar-refractivity contribution in [2.75, 3.05) is 25.6 Å². The Labute approximate surface area is 116 Å². The number of carbonyl (C=O) groups is 1. The Morgan fingerprint density at radius 1 is 1.55 bits per heavy atom. The van der Waals surface area contributed by atoms with E-state index in [9.17, 15) is 14.9 Å². The minimum atomic E-state index is -0.754. The number of nitriles is 1. The van der Waals surface area contributed by atoms with Gasteiger partial charge in [-0.25, -0.2) is 4.79 Å². The van der Waals surface area contributed by atoms with E-state index in [1.807, 2.05) is 6.07 Å². The van der Waals surface area contributed by atoms with Crippen molar-refractivity contribution in [3.63, 3.8) is 0 Å². The second kappa shape index (κ2) is 6.52. The lowest BCUT2D eigenvalue weighted by Crippen LogP contribution is -2.19. The number of nitro benzene ring substituents is 1. The summed E-state index contributed by atoms with van der Waals surface area (Å²) in [5.41, 5.74) is 0.658. The maximum absolute atomic E-state index is 11.7. The first-order valence-corrected chi connectivity index (χ1v) is 5.87. The molecule has 106 valence electrons. The van der Waals surface area contributed by atoms with E-state index in [0.29, 0.717) is 24.2 Å². The number of carbonyl (C=O) groups excluding carboxylic acids is 1. The van der Waals surface area contributed by atoms with Gasteiger partial charge >= 0.3 is 5.97 Å². The van der Waals surface area contributed by atoms with Gasteiger partial charge < -0.3 is 9.64 Å². The molecule has 0 unspecified atom stereocenters. The highest BCUT2D eigenvalue weighted by molar-refractivity contribution is 5.95. The van der Waals surface area contributed by atoms with Crippen molar-refractivity contribution in [3.8, 4) is 6.07 Å². The molecule has 0 saturated carbocycles. The molecule has 0 aromatic heterocycles. The fourth-order valence-electron chi connectivity index (χ4n) is 1.84. The van der Waals surface area contributed by atoms with Crippen LogP contribution < -0.4 is 4.90 Å². The van der Waals surface area contributed by atoms with E-state index in [0.717, 1.165) is 0 Å². The molecule has 0 saturated heterocycles. The van der Waals surface area contributed by atoms with Crippen LogP contribution in [0.3, 0.4) is 0 Å². The average Bonchev–Trinajstić information content (AvgIpc) is 2.42. The molecule has 0 heterocycles. The van der Waals surface area contributed by atoms with Crippen LogP contribution in [0.2, 0.25) is 0 Å². The Morgan fingerprint density at radius 3 is 2.70 bits per heavy atom. The maximum Gasteiger partial charge on any atom is 0.344 e. The predicted octanol–water partition coefficient (Wildman–Crippen LogP) is 2.04. The van der Waals surface area contributed by atoms with E-state index in [1.54, 1.807) is 24.9 Å². The van der Waals surface area contributed by atoms with E-state index in [1.165, 1.54) is 13.2 Å². The normalized spacial score (nSPS) is 9.70. The van der Waals surface area contributed by atoms with E-state index in [-0.39, 0.29) is 11.3 Å². The summed E-state index contributed by atoms with van der Waals surface area (Å²) in [5, 5.41) is 19.6. The number of ether oxygens (including phenoxy) is 1. The van der Waals surface area contributed by atoms with Crippen LogP contribution in [-0.4, -0.2) is 31.6 Å². The molecule has 0 aliphatic rings. The lowest BCUT2D eigenvalue weighted by molar-refractivity contribution is -0.385.